The fourth-order valence-electron chi connectivity index (χ4n) is 1.78. The molecule has 0 amide bonds. The number of nitrogens with zero attached hydrogens (tertiary/aromatic N) is 1. The van der Waals surface area contributed by atoms with Gasteiger partial charge in [0.1, 0.15) is 11.5 Å². The summed E-state index contributed by atoms with van der Waals surface area (Å²) < 4.78 is 10.7. The first-order valence-electron chi connectivity index (χ1n) is 6.56. The van der Waals surface area contributed by atoms with Gasteiger partial charge in [0.2, 0.25) is 0 Å². The zero-order valence-electron chi connectivity index (χ0n) is 12.3. The van der Waals surface area contributed by atoms with E-state index in [-0.39, 0.29) is 0 Å². The van der Waals surface area contributed by atoms with Crippen LogP contribution in [0.25, 0.3) is 10.4 Å². The topological polar surface area (TPSA) is 43.4 Å². The van der Waals surface area contributed by atoms with Crippen molar-refractivity contribution in [2.75, 3.05) is 26.1 Å². The van der Waals surface area contributed by atoms with Crippen molar-refractivity contribution in [2.24, 2.45) is 5.92 Å². The number of ether oxygens (including phenoxy) is 2. The molecule has 2 rings (SSSR count). The number of thiazole rings is 1. The molecule has 0 radical (unpaired) electrons. The first kappa shape index (κ1) is 14.7. The standard InChI is InChI=1S/C15H20N2O2S/c1-10(2)8-16-15-17-9-14(20-15)12-7-11(18-3)5-6-13(12)19-4/h5-7,9-10H,8H2,1-4H3,(H,16,17). The second-order valence-corrected chi connectivity index (χ2v) is 5.90. The summed E-state index contributed by atoms with van der Waals surface area (Å²) in [6.45, 7) is 5.27. The minimum atomic E-state index is 0.591. The molecule has 0 aliphatic heterocycles. The second-order valence-electron chi connectivity index (χ2n) is 4.87. The number of benzene rings is 1. The van der Waals surface area contributed by atoms with Gasteiger partial charge in [-0.05, 0) is 24.1 Å². The maximum atomic E-state index is 5.41. The third-order valence-corrected chi connectivity index (χ3v) is 3.83. The van der Waals surface area contributed by atoms with Gasteiger partial charge < -0.3 is 14.8 Å². The average molecular weight is 292 g/mol. The summed E-state index contributed by atoms with van der Waals surface area (Å²) in [7, 11) is 3.33. The first-order chi connectivity index (χ1) is 9.63. The summed E-state index contributed by atoms with van der Waals surface area (Å²) >= 11 is 1.62. The van der Waals surface area contributed by atoms with Crippen LogP contribution in [0.5, 0.6) is 11.5 Å². The van der Waals surface area contributed by atoms with E-state index in [0.29, 0.717) is 5.92 Å². The monoisotopic (exact) mass is 292 g/mol. The third kappa shape index (κ3) is 3.42. The Morgan fingerprint density at radius 1 is 1.25 bits per heavy atom. The molecule has 5 heteroatoms. The van der Waals surface area contributed by atoms with E-state index in [4.69, 9.17) is 9.47 Å². The van der Waals surface area contributed by atoms with Crippen molar-refractivity contribution in [3.8, 4) is 21.9 Å². The van der Waals surface area contributed by atoms with E-state index >= 15 is 0 Å². The van der Waals surface area contributed by atoms with E-state index < -0.39 is 0 Å². The van der Waals surface area contributed by atoms with Crippen LogP contribution in [0.15, 0.2) is 24.4 Å². The van der Waals surface area contributed by atoms with Gasteiger partial charge in [-0.2, -0.15) is 0 Å². The predicted molar refractivity (Wildman–Crippen MR) is 84.0 cm³/mol. The van der Waals surface area contributed by atoms with E-state index in [2.05, 4.69) is 24.1 Å². The van der Waals surface area contributed by atoms with Gasteiger partial charge in [0, 0.05) is 18.3 Å². The van der Waals surface area contributed by atoms with Gasteiger partial charge in [-0.1, -0.05) is 25.2 Å². The number of rotatable bonds is 6. The van der Waals surface area contributed by atoms with Crippen molar-refractivity contribution in [1.29, 1.82) is 0 Å². The maximum Gasteiger partial charge on any atom is 0.183 e. The van der Waals surface area contributed by atoms with E-state index in [0.717, 1.165) is 33.6 Å². The Kier molecular flexibility index (Phi) is 4.84. The number of nitrogens with one attached hydrogen (secondary N) is 1. The lowest BCUT2D eigenvalue weighted by Crippen LogP contribution is -2.07. The number of hydrogen-bond donors (Lipinski definition) is 1. The molecule has 1 N–H and O–H groups in total. The van der Waals surface area contributed by atoms with Gasteiger partial charge in [-0.25, -0.2) is 4.98 Å². The molecule has 0 unspecified atom stereocenters. The van der Waals surface area contributed by atoms with Crippen LogP contribution in [0, 0.1) is 5.92 Å². The molecule has 0 bridgehead atoms. The van der Waals surface area contributed by atoms with Crippen LogP contribution < -0.4 is 14.8 Å². The predicted octanol–water partition coefficient (Wildman–Crippen LogP) is 3.90. The van der Waals surface area contributed by atoms with Gasteiger partial charge in [0.05, 0.1) is 19.1 Å². The highest BCUT2D eigenvalue weighted by molar-refractivity contribution is 7.18. The van der Waals surface area contributed by atoms with Crippen LogP contribution in [-0.2, 0) is 0 Å². The molecular weight excluding hydrogens is 272 g/mol. The third-order valence-electron chi connectivity index (χ3n) is 2.84. The number of aromatic nitrogens is 1. The van der Waals surface area contributed by atoms with Gasteiger partial charge in [0.15, 0.2) is 5.13 Å². The van der Waals surface area contributed by atoms with Crippen molar-refractivity contribution in [1.82, 2.24) is 4.98 Å². The van der Waals surface area contributed by atoms with Crippen molar-refractivity contribution in [3.63, 3.8) is 0 Å². The molecule has 108 valence electrons. The Balaban J connectivity index is 2.26. The van der Waals surface area contributed by atoms with Crippen LogP contribution in [0.3, 0.4) is 0 Å². The molecule has 1 aromatic carbocycles. The smallest absolute Gasteiger partial charge is 0.183 e. The maximum absolute atomic E-state index is 5.41. The summed E-state index contributed by atoms with van der Waals surface area (Å²) in [6.07, 6.45) is 1.87. The van der Waals surface area contributed by atoms with Crippen molar-refractivity contribution >= 4 is 16.5 Å². The molecule has 0 aliphatic carbocycles. The molecule has 1 heterocycles. The number of hydrogen-bond acceptors (Lipinski definition) is 5. The summed E-state index contributed by atoms with van der Waals surface area (Å²) in [4.78, 5) is 5.47. The summed E-state index contributed by atoms with van der Waals surface area (Å²) in [5.74, 6) is 2.23. The molecule has 0 atom stereocenters. The second kappa shape index (κ2) is 6.61. The zero-order valence-corrected chi connectivity index (χ0v) is 13.1. The highest BCUT2D eigenvalue weighted by atomic mass is 32.1. The molecule has 0 saturated carbocycles. The van der Waals surface area contributed by atoms with Crippen LogP contribution >= 0.6 is 11.3 Å². The molecule has 1 aromatic heterocycles. The lowest BCUT2D eigenvalue weighted by molar-refractivity contribution is 0.404. The lowest BCUT2D eigenvalue weighted by Gasteiger charge is -2.08. The SMILES string of the molecule is COc1ccc(OC)c(-c2cnc(NCC(C)C)s2)c1. The number of anilines is 1. The average Bonchev–Trinajstić information content (AvgIpc) is 2.93. The molecule has 20 heavy (non-hydrogen) atoms. The summed E-state index contributed by atoms with van der Waals surface area (Å²) in [5.41, 5.74) is 1.00. The van der Waals surface area contributed by atoms with Gasteiger partial charge in [0.25, 0.3) is 0 Å². The molecule has 0 fully saturated rings. The Morgan fingerprint density at radius 2 is 2.05 bits per heavy atom. The molecule has 2 aromatic rings. The Bertz CT molecular complexity index is 567. The Labute approximate surface area is 123 Å². The van der Waals surface area contributed by atoms with Gasteiger partial charge in [-0.15, -0.1) is 0 Å². The number of methoxy groups -OCH3 is 2. The highest BCUT2D eigenvalue weighted by Crippen LogP contribution is 2.37. The van der Waals surface area contributed by atoms with Crippen molar-refractivity contribution in [3.05, 3.63) is 24.4 Å². The van der Waals surface area contributed by atoms with Crippen LogP contribution in [0.2, 0.25) is 0 Å². The molecule has 0 aliphatic rings. The molecule has 0 spiro atoms. The summed E-state index contributed by atoms with van der Waals surface area (Å²) in [6, 6.07) is 5.77. The van der Waals surface area contributed by atoms with Crippen molar-refractivity contribution < 1.29 is 9.47 Å². The molecule has 4 nitrogen and oxygen atoms in total. The van der Waals surface area contributed by atoms with Crippen molar-refractivity contribution in [2.45, 2.75) is 13.8 Å². The zero-order chi connectivity index (χ0) is 14.5. The van der Waals surface area contributed by atoms with E-state index in [9.17, 15) is 0 Å². The molecule has 0 saturated heterocycles. The van der Waals surface area contributed by atoms with Crippen LogP contribution in [0.1, 0.15) is 13.8 Å². The van der Waals surface area contributed by atoms with E-state index in [1.54, 1.807) is 25.6 Å². The first-order valence-corrected chi connectivity index (χ1v) is 7.37. The largest absolute Gasteiger partial charge is 0.497 e. The normalized spacial score (nSPS) is 10.7. The fourth-order valence-corrected chi connectivity index (χ4v) is 2.62. The Morgan fingerprint density at radius 3 is 2.70 bits per heavy atom. The minimum Gasteiger partial charge on any atom is -0.497 e. The quantitative estimate of drug-likeness (QED) is 0.877. The van der Waals surface area contributed by atoms with Gasteiger partial charge >= 0.3 is 0 Å². The highest BCUT2D eigenvalue weighted by Gasteiger charge is 2.11. The summed E-state index contributed by atoms with van der Waals surface area (Å²) in [5, 5.41) is 4.26. The molecular formula is C15H20N2O2S. The van der Waals surface area contributed by atoms with Crippen LogP contribution in [-0.4, -0.2) is 25.7 Å². The minimum absolute atomic E-state index is 0.591. The van der Waals surface area contributed by atoms with E-state index in [1.165, 1.54) is 0 Å². The van der Waals surface area contributed by atoms with Crippen LogP contribution in [0.4, 0.5) is 5.13 Å². The lowest BCUT2D eigenvalue weighted by atomic mass is 10.1. The Hall–Kier alpha value is -1.75. The van der Waals surface area contributed by atoms with E-state index in [1.807, 2.05) is 24.4 Å². The van der Waals surface area contributed by atoms with Gasteiger partial charge in [-0.3, -0.25) is 0 Å². The fraction of sp³-hybridized carbons (Fsp3) is 0.400.